The van der Waals surface area contributed by atoms with Gasteiger partial charge in [0, 0.05) is 25.4 Å². The first kappa shape index (κ1) is 64.2. The molecule has 0 spiro atoms. The molecule has 0 heterocycles. The Labute approximate surface area is 465 Å². The highest BCUT2D eigenvalue weighted by Crippen LogP contribution is 2.34. The van der Waals surface area contributed by atoms with Gasteiger partial charge in [0.15, 0.2) is 0 Å². The lowest BCUT2D eigenvalue weighted by atomic mass is 9.82. The highest BCUT2D eigenvalue weighted by molar-refractivity contribution is 5.98. The molecule has 0 aromatic heterocycles. The summed E-state index contributed by atoms with van der Waals surface area (Å²) in [5, 5.41) is 0. The number of hydrogen-bond acceptors (Lipinski definition) is 20. The zero-order valence-electron chi connectivity index (χ0n) is 45.7. The van der Waals surface area contributed by atoms with E-state index in [1.165, 1.54) is 60.7 Å². The van der Waals surface area contributed by atoms with Gasteiger partial charge in [0.05, 0.1) is 62.6 Å². The van der Waals surface area contributed by atoms with Gasteiger partial charge >= 0.3 is 47.8 Å². The van der Waals surface area contributed by atoms with E-state index in [1.807, 2.05) is 13.8 Å². The Morgan fingerprint density at radius 2 is 0.775 bits per heavy atom. The van der Waals surface area contributed by atoms with Crippen LogP contribution in [-0.4, -0.2) is 114 Å². The maximum Gasteiger partial charge on any atom is 0.343 e. The summed E-state index contributed by atoms with van der Waals surface area (Å²) < 4.78 is 65.3. The van der Waals surface area contributed by atoms with Crippen LogP contribution in [0, 0.1) is 11.8 Å². The monoisotopic (exact) mass is 1110 g/mol. The second kappa shape index (κ2) is 35.9. The van der Waals surface area contributed by atoms with E-state index in [4.69, 9.17) is 56.8 Å². The van der Waals surface area contributed by atoms with E-state index in [2.05, 4.69) is 13.2 Å². The molecule has 0 N–H and O–H groups in total. The van der Waals surface area contributed by atoms with Crippen molar-refractivity contribution in [1.82, 2.24) is 0 Å². The van der Waals surface area contributed by atoms with Crippen LogP contribution in [0.15, 0.2) is 110 Å². The fourth-order valence-corrected chi connectivity index (χ4v) is 7.38. The van der Waals surface area contributed by atoms with Crippen LogP contribution >= 0.6 is 0 Å². The zero-order chi connectivity index (χ0) is 58.1. The van der Waals surface area contributed by atoms with Crippen LogP contribution in [0.25, 0.3) is 0 Å². The zero-order valence-corrected chi connectivity index (χ0v) is 45.7. The van der Waals surface area contributed by atoms with E-state index in [1.54, 1.807) is 38.1 Å². The van der Waals surface area contributed by atoms with Crippen molar-refractivity contribution >= 4 is 47.8 Å². The van der Waals surface area contributed by atoms with Crippen molar-refractivity contribution in [2.45, 2.75) is 79.1 Å². The van der Waals surface area contributed by atoms with Gasteiger partial charge in [-0.05, 0) is 150 Å². The summed E-state index contributed by atoms with van der Waals surface area (Å²) in [6.07, 6.45) is 5.61. The van der Waals surface area contributed by atoms with Crippen molar-refractivity contribution in [2.24, 2.45) is 11.8 Å². The number of carbonyl (C=O) groups excluding carboxylic acids is 8. The lowest BCUT2D eigenvalue weighted by molar-refractivity contribution is -0.145. The van der Waals surface area contributed by atoms with Crippen LogP contribution in [-0.2, 0) is 47.6 Å². The summed E-state index contributed by atoms with van der Waals surface area (Å²) in [7, 11) is 0. The van der Waals surface area contributed by atoms with Crippen LogP contribution in [0.4, 0.5) is 0 Å². The number of carbonyl (C=O) groups is 8. The van der Waals surface area contributed by atoms with E-state index in [0.717, 1.165) is 12.2 Å². The number of ether oxygens (including phenoxy) is 12. The van der Waals surface area contributed by atoms with Gasteiger partial charge < -0.3 is 56.8 Å². The highest BCUT2D eigenvalue weighted by atomic mass is 16.6. The average molecular weight is 1110 g/mol. The average Bonchev–Trinajstić information content (AvgIpc) is 3.49. The molecule has 0 radical (unpaired) electrons. The van der Waals surface area contributed by atoms with Crippen LogP contribution in [0.2, 0.25) is 0 Å². The Balaban J connectivity index is 0.00000681. The second-order valence-corrected chi connectivity index (χ2v) is 17.1. The fraction of sp³-hybridized carbons (Fsp3) is 0.400. The molecule has 1 fully saturated rings. The number of esters is 8. The molecule has 0 atom stereocenters. The van der Waals surface area contributed by atoms with Crippen molar-refractivity contribution in [3.63, 3.8) is 0 Å². The Hall–Kier alpha value is -8.36. The number of benzene rings is 4. The Morgan fingerprint density at radius 1 is 0.425 bits per heavy atom. The van der Waals surface area contributed by atoms with Crippen molar-refractivity contribution < 1.29 is 95.2 Å². The third-order valence-electron chi connectivity index (χ3n) is 11.5. The largest absolute Gasteiger partial charge is 0.494 e. The van der Waals surface area contributed by atoms with Crippen LogP contribution in [0.5, 0.6) is 34.5 Å². The standard InChI is InChI=1S/C58H64O20.C2H6/c1-5-51(59)71-31-11-9-29-69-43-21-17-41(18-22-43)55(63)77-49-27-25-45(37-47(49)57(65)73-35-33-67-7-3)75-53(61)39-13-15-40(16-14-39)54(62)76-46-26-28-50(48(38-46)58(66)74-36-34-68-8-4)78-56(64)42-19-23-44(24-20-42)70-30-10-12-32-72-52(60)6-2;1-2/h5-6,17-28,37-40H,1-2,7-16,29-36H2,3-4H3;1-2H3. The summed E-state index contributed by atoms with van der Waals surface area (Å²) in [5.74, 6) is -6.09. The molecule has 20 nitrogen and oxygen atoms in total. The molecule has 1 aliphatic carbocycles. The number of hydrogen-bond donors (Lipinski definition) is 0. The smallest absolute Gasteiger partial charge is 0.343 e. The van der Waals surface area contributed by atoms with E-state index in [9.17, 15) is 38.4 Å². The molecule has 1 aliphatic rings. The molecule has 1 saturated carbocycles. The Kier molecular flexibility index (Phi) is 28.8. The van der Waals surface area contributed by atoms with Gasteiger partial charge in [-0.25, -0.2) is 28.8 Å². The molecular formula is C60H70O20. The van der Waals surface area contributed by atoms with Gasteiger partial charge in [0.2, 0.25) is 0 Å². The topological polar surface area (TPSA) is 247 Å². The van der Waals surface area contributed by atoms with Crippen molar-refractivity contribution in [3.05, 3.63) is 132 Å². The first-order valence-electron chi connectivity index (χ1n) is 26.5. The molecule has 80 heavy (non-hydrogen) atoms. The Morgan fingerprint density at radius 3 is 1.12 bits per heavy atom. The summed E-state index contributed by atoms with van der Waals surface area (Å²) in [6.45, 7) is 16.3. The van der Waals surface area contributed by atoms with Gasteiger partial charge in [-0.3, -0.25) is 9.59 Å². The molecule has 430 valence electrons. The third-order valence-corrected chi connectivity index (χ3v) is 11.5. The minimum absolute atomic E-state index is 0.0161. The van der Waals surface area contributed by atoms with Gasteiger partial charge in [-0.2, -0.15) is 0 Å². The van der Waals surface area contributed by atoms with E-state index >= 15 is 0 Å². The van der Waals surface area contributed by atoms with E-state index in [0.29, 0.717) is 63.6 Å². The molecule has 4 aromatic carbocycles. The van der Waals surface area contributed by atoms with Crippen LogP contribution < -0.4 is 28.4 Å². The second-order valence-electron chi connectivity index (χ2n) is 17.1. The molecule has 20 heteroatoms. The fourth-order valence-electron chi connectivity index (χ4n) is 7.38. The number of unbranched alkanes of at least 4 members (excludes halogenated alkanes) is 2. The summed E-state index contributed by atoms with van der Waals surface area (Å²) in [6, 6.07) is 20.2. The molecule has 0 amide bonds. The lowest BCUT2D eigenvalue weighted by Gasteiger charge is -2.26. The molecule has 0 bridgehead atoms. The molecular weight excluding hydrogens is 1040 g/mol. The SMILES string of the molecule is C=CC(=O)OCCCCOc1ccc(C(=O)Oc2ccc(OC(=O)C3CCC(C(=O)Oc4ccc(OC(=O)c5ccc(OCCCCOC(=O)C=C)cc5)c(C(=O)OCCOCC)c4)CC3)cc2C(=O)OCCOCC)cc1.CC. The molecule has 0 unspecified atom stereocenters. The summed E-state index contributed by atoms with van der Waals surface area (Å²) >= 11 is 0. The maximum absolute atomic E-state index is 13.5. The van der Waals surface area contributed by atoms with E-state index < -0.39 is 59.6 Å². The number of rotatable bonds is 32. The predicted octanol–water partition coefficient (Wildman–Crippen LogP) is 9.63. The van der Waals surface area contributed by atoms with Crippen LogP contribution in [0.3, 0.4) is 0 Å². The lowest BCUT2D eigenvalue weighted by Crippen LogP contribution is -2.30. The van der Waals surface area contributed by atoms with Crippen molar-refractivity contribution in [3.8, 4) is 34.5 Å². The van der Waals surface area contributed by atoms with Gasteiger partial charge in [-0.1, -0.05) is 27.0 Å². The molecule has 5 rings (SSSR count). The normalized spacial score (nSPS) is 13.3. The molecule has 4 aromatic rings. The molecule has 0 aliphatic heterocycles. The van der Waals surface area contributed by atoms with Crippen molar-refractivity contribution in [1.29, 1.82) is 0 Å². The highest BCUT2D eigenvalue weighted by Gasteiger charge is 2.33. The first-order valence-corrected chi connectivity index (χ1v) is 26.5. The van der Waals surface area contributed by atoms with Gasteiger partial charge in [0.25, 0.3) is 0 Å². The minimum atomic E-state index is -0.858. The summed E-state index contributed by atoms with van der Waals surface area (Å²) in [5.41, 5.74) is -0.0589. The minimum Gasteiger partial charge on any atom is -0.494 e. The van der Waals surface area contributed by atoms with Crippen LogP contribution in [0.1, 0.15) is 120 Å². The van der Waals surface area contributed by atoms with Crippen molar-refractivity contribution in [2.75, 3.05) is 66.1 Å². The van der Waals surface area contributed by atoms with E-state index in [-0.39, 0.29) is 111 Å². The van der Waals surface area contributed by atoms with Gasteiger partial charge in [-0.15, -0.1) is 0 Å². The quantitative estimate of drug-likeness (QED) is 0.0145. The predicted molar refractivity (Wildman–Crippen MR) is 289 cm³/mol. The Bertz CT molecular complexity index is 2490. The summed E-state index contributed by atoms with van der Waals surface area (Å²) in [4.78, 5) is 103. The third kappa shape index (κ3) is 22.2. The van der Waals surface area contributed by atoms with Gasteiger partial charge in [0.1, 0.15) is 58.8 Å². The molecule has 0 saturated heterocycles. The maximum atomic E-state index is 13.5. The first-order chi connectivity index (χ1) is 38.8.